The number of Topliss-reactive ketones (excluding diaryl/α,β-unsaturated/α-hetero) is 1. The first-order valence-electron chi connectivity index (χ1n) is 2.99. The van der Waals surface area contributed by atoms with E-state index in [4.69, 9.17) is 5.11 Å². The van der Waals surface area contributed by atoms with Gasteiger partial charge in [-0.25, -0.2) is 0 Å². The smallest absolute Gasteiger partial charge is 0.317 e. The fourth-order valence-corrected chi connectivity index (χ4v) is 0.703. The van der Waals surface area contributed by atoms with Crippen LogP contribution in [0.1, 0.15) is 10.5 Å². The molecule has 0 spiro atoms. The molecule has 2 N–H and O–H groups in total. The molecule has 0 fully saturated rings. The van der Waals surface area contributed by atoms with E-state index in [9.17, 15) is 14.9 Å². The third-order valence-electron chi connectivity index (χ3n) is 1.22. The summed E-state index contributed by atoms with van der Waals surface area (Å²) in [7, 11) is 0. The van der Waals surface area contributed by atoms with E-state index in [0.717, 1.165) is 6.20 Å². The Hall–Kier alpha value is -1.76. The Balaban J connectivity index is 3.07. The third kappa shape index (κ3) is 1.30. The molecule has 0 bridgehead atoms. The van der Waals surface area contributed by atoms with Crippen molar-refractivity contribution in [2.75, 3.05) is 6.61 Å². The van der Waals surface area contributed by atoms with Crippen molar-refractivity contribution in [1.29, 1.82) is 0 Å². The van der Waals surface area contributed by atoms with Crippen LogP contribution in [-0.4, -0.2) is 32.6 Å². The highest BCUT2D eigenvalue weighted by Crippen LogP contribution is 2.14. The molecular formula is C5H5N3O4. The molecule has 1 aromatic heterocycles. The monoisotopic (exact) mass is 171 g/mol. The second-order valence-electron chi connectivity index (χ2n) is 1.96. The fraction of sp³-hybridized carbons (Fsp3) is 0.200. The number of nitrogens with one attached hydrogen (secondary N) is 1. The number of aromatic amines is 1. The number of nitro groups is 1. The zero-order chi connectivity index (χ0) is 9.14. The van der Waals surface area contributed by atoms with Crippen LogP contribution in [0.3, 0.4) is 0 Å². The topological polar surface area (TPSA) is 109 Å². The van der Waals surface area contributed by atoms with Crippen LogP contribution in [0.4, 0.5) is 5.69 Å². The number of nitrogens with zero attached hydrogens (tertiary/aromatic N) is 2. The van der Waals surface area contributed by atoms with Crippen molar-refractivity contribution in [2.45, 2.75) is 0 Å². The standard InChI is InChI=1S/C5H5N3O4/c9-2-4(10)5-3(8(11)12)1-6-7-5/h1,9H,2H2,(H,6,7). The van der Waals surface area contributed by atoms with Crippen LogP contribution in [0.5, 0.6) is 0 Å². The average Bonchev–Trinajstić information content (AvgIpc) is 2.50. The number of carbonyl (C=O) groups is 1. The summed E-state index contributed by atoms with van der Waals surface area (Å²) in [6.45, 7) is -0.786. The Kier molecular flexibility index (Phi) is 2.15. The lowest BCUT2D eigenvalue weighted by Crippen LogP contribution is -2.07. The first kappa shape index (κ1) is 8.34. The van der Waals surface area contributed by atoms with Crippen molar-refractivity contribution in [2.24, 2.45) is 0 Å². The second kappa shape index (κ2) is 3.09. The molecule has 64 valence electrons. The molecule has 0 radical (unpaired) electrons. The summed E-state index contributed by atoms with van der Waals surface area (Å²) in [5.74, 6) is -0.775. The molecule has 0 aromatic carbocycles. The van der Waals surface area contributed by atoms with Crippen molar-refractivity contribution in [3.05, 3.63) is 22.0 Å². The average molecular weight is 171 g/mol. The molecule has 1 heterocycles. The molecule has 0 saturated carbocycles. The van der Waals surface area contributed by atoms with E-state index in [1.165, 1.54) is 0 Å². The maximum Gasteiger partial charge on any atom is 0.317 e. The summed E-state index contributed by atoms with van der Waals surface area (Å²) < 4.78 is 0. The van der Waals surface area contributed by atoms with E-state index in [1.54, 1.807) is 0 Å². The minimum atomic E-state index is -0.786. The van der Waals surface area contributed by atoms with Crippen molar-refractivity contribution in [1.82, 2.24) is 10.2 Å². The predicted molar refractivity (Wildman–Crippen MR) is 36.7 cm³/mol. The molecule has 0 aliphatic carbocycles. The number of hydrogen-bond acceptors (Lipinski definition) is 5. The third-order valence-corrected chi connectivity index (χ3v) is 1.22. The largest absolute Gasteiger partial charge is 0.388 e. The van der Waals surface area contributed by atoms with Crippen LogP contribution >= 0.6 is 0 Å². The van der Waals surface area contributed by atoms with Gasteiger partial charge in [-0.2, -0.15) is 5.10 Å². The minimum absolute atomic E-state index is 0.345. The molecule has 0 saturated heterocycles. The predicted octanol–water partition coefficient (Wildman–Crippen LogP) is -0.507. The number of ketones is 1. The normalized spacial score (nSPS) is 9.75. The number of aliphatic hydroxyl groups excluding tert-OH is 1. The van der Waals surface area contributed by atoms with Gasteiger partial charge in [0.2, 0.25) is 11.5 Å². The lowest BCUT2D eigenvalue weighted by atomic mass is 10.3. The number of aromatic nitrogens is 2. The van der Waals surface area contributed by atoms with E-state index in [0.29, 0.717) is 0 Å². The maximum atomic E-state index is 10.8. The van der Waals surface area contributed by atoms with Crippen LogP contribution < -0.4 is 0 Å². The van der Waals surface area contributed by atoms with Gasteiger partial charge in [-0.1, -0.05) is 0 Å². The highest BCUT2D eigenvalue weighted by Gasteiger charge is 2.22. The first-order chi connectivity index (χ1) is 5.66. The molecule has 1 rings (SSSR count). The Morgan fingerprint density at radius 1 is 1.83 bits per heavy atom. The van der Waals surface area contributed by atoms with Gasteiger partial charge in [0.05, 0.1) is 4.92 Å². The summed E-state index contributed by atoms with van der Waals surface area (Å²) in [5.41, 5.74) is -0.767. The SMILES string of the molecule is O=C(CO)c1n[nH]cc1[N+](=O)[O-]. The molecule has 0 amide bonds. The Morgan fingerprint density at radius 3 is 3.00 bits per heavy atom. The molecule has 7 nitrogen and oxygen atoms in total. The number of aliphatic hydroxyl groups is 1. The van der Waals surface area contributed by atoms with Gasteiger partial charge in [0.15, 0.2) is 0 Å². The van der Waals surface area contributed by atoms with Crippen LogP contribution in [0.2, 0.25) is 0 Å². The molecule has 0 aliphatic rings. The lowest BCUT2D eigenvalue weighted by Gasteiger charge is -1.89. The quantitative estimate of drug-likeness (QED) is 0.361. The van der Waals surface area contributed by atoms with Gasteiger partial charge < -0.3 is 5.11 Å². The molecule has 1 aromatic rings. The molecule has 0 atom stereocenters. The molecule has 0 unspecified atom stereocenters. The highest BCUT2D eigenvalue weighted by atomic mass is 16.6. The number of carbonyl (C=O) groups excluding carboxylic acids is 1. The Bertz CT molecular complexity index is 318. The van der Waals surface area contributed by atoms with E-state index < -0.39 is 23.0 Å². The van der Waals surface area contributed by atoms with Gasteiger partial charge in [0, 0.05) is 0 Å². The van der Waals surface area contributed by atoms with Crippen LogP contribution in [0.25, 0.3) is 0 Å². The summed E-state index contributed by atoms with van der Waals surface area (Å²) >= 11 is 0. The van der Waals surface area contributed by atoms with Crippen LogP contribution in [0.15, 0.2) is 6.20 Å². The van der Waals surface area contributed by atoms with Gasteiger partial charge in [0.25, 0.3) is 0 Å². The van der Waals surface area contributed by atoms with E-state index in [1.807, 2.05) is 0 Å². The summed E-state index contributed by atoms with van der Waals surface area (Å²) in [4.78, 5) is 20.2. The second-order valence-corrected chi connectivity index (χ2v) is 1.96. The highest BCUT2D eigenvalue weighted by molar-refractivity contribution is 5.98. The minimum Gasteiger partial charge on any atom is -0.388 e. The van der Waals surface area contributed by atoms with E-state index in [2.05, 4.69) is 10.2 Å². The lowest BCUT2D eigenvalue weighted by molar-refractivity contribution is -0.385. The molecule has 12 heavy (non-hydrogen) atoms. The summed E-state index contributed by atoms with van der Waals surface area (Å²) in [6.07, 6.45) is 0.989. The van der Waals surface area contributed by atoms with Gasteiger partial charge in [0.1, 0.15) is 12.8 Å². The van der Waals surface area contributed by atoms with Gasteiger partial charge in [-0.05, 0) is 0 Å². The molecule has 0 aliphatic heterocycles. The number of rotatable bonds is 3. The zero-order valence-corrected chi connectivity index (χ0v) is 5.85. The number of H-pyrrole nitrogens is 1. The van der Waals surface area contributed by atoms with Gasteiger partial charge in [-0.3, -0.25) is 20.0 Å². The van der Waals surface area contributed by atoms with Crippen molar-refractivity contribution in [3.8, 4) is 0 Å². The van der Waals surface area contributed by atoms with Gasteiger partial charge in [-0.15, -0.1) is 0 Å². The van der Waals surface area contributed by atoms with E-state index in [-0.39, 0.29) is 5.69 Å². The van der Waals surface area contributed by atoms with Crippen molar-refractivity contribution in [3.63, 3.8) is 0 Å². The number of hydrogen-bond donors (Lipinski definition) is 2. The van der Waals surface area contributed by atoms with Crippen molar-refractivity contribution >= 4 is 11.5 Å². The van der Waals surface area contributed by atoms with Crippen LogP contribution in [-0.2, 0) is 0 Å². The maximum absolute atomic E-state index is 10.8. The van der Waals surface area contributed by atoms with Crippen molar-refractivity contribution < 1.29 is 14.8 Å². The Labute approximate surface area is 66.2 Å². The van der Waals surface area contributed by atoms with E-state index >= 15 is 0 Å². The first-order valence-corrected chi connectivity index (χ1v) is 2.99. The molecule has 7 heteroatoms. The zero-order valence-electron chi connectivity index (χ0n) is 5.85. The fourth-order valence-electron chi connectivity index (χ4n) is 0.703. The van der Waals surface area contributed by atoms with Gasteiger partial charge >= 0.3 is 5.69 Å². The summed E-state index contributed by atoms with van der Waals surface area (Å²) in [6, 6.07) is 0. The molecular weight excluding hydrogens is 166 g/mol. The van der Waals surface area contributed by atoms with Crippen LogP contribution in [0, 0.1) is 10.1 Å². The summed E-state index contributed by atoms with van der Waals surface area (Å²) in [5, 5.41) is 24.1. The Morgan fingerprint density at radius 2 is 2.50 bits per heavy atom.